The van der Waals surface area contributed by atoms with Gasteiger partial charge in [0.05, 0.1) is 7.11 Å². The monoisotopic (exact) mass is 342 g/mol. The van der Waals surface area contributed by atoms with Crippen LogP contribution in [0.1, 0.15) is 32.6 Å². The molecule has 1 fully saturated rings. The van der Waals surface area contributed by atoms with Gasteiger partial charge in [0.25, 0.3) is 0 Å². The van der Waals surface area contributed by atoms with Gasteiger partial charge in [-0.15, -0.1) is 0 Å². The fourth-order valence-corrected chi connectivity index (χ4v) is 4.38. The summed E-state index contributed by atoms with van der Waals surface area (Å²) in [6.07, 6.45) is 2.58. The summed E-state index contributed by atoms with van der Waals surface area (Å²) >= 11 is 3.36. The van der Waals surface area contributed by atoms with E-state index >= 15 is 0 Å². The molecule has 6 nitrogen and oxygen atoms in total. The molecule has 18 heavy (non-hydrogen) atoms. The molecule has 0 spiro atoms. The van der Waals surface area contributed by atoms with E-state index in [9.17, 15) is 13.2 Å². The minimum Gasteiger partial charge on any atom is -0.452 e. The standard InChI is InChI=1S/C10H19BrN2O4S/c1-8-4-3-5-10(6-8,7-11)13-18(15,16)12-9(14)17-2/h8,13H,3-7H2,1-2H3,(H,12,14). The zero-order valence-corrected chi connectivity index (χ0v) is 12.9. The first-order valence-corrected chi connectivity index (χ1v) is 8.38. The van der Waals surface area contributed by atoms with Gasteiger partial charge in [-0.25, -0.2) is 9.52 Å². The van der Waals surface area contributed by atoms with Crippen molar-refractivity contribution in [2.45, 2.75) is 38.1 Å². The van der Waals surface area contributed by atoms with Crippen LogP contribution in [-0.2, 0) is 14.9 Å². The van der Waals surface area contributed by atoms with Gasteiger partial charge in [-0.1, -0.05) is 35.7 Å². The molecule has 0 aromatic carbocycles. The summed E-state index contributed by atoms with van der Waals surface area (Å²) in [5, 5.41) is 0.520. The third-order valence-electron chi connectivity index (χ3n) is 3.10. The maximum atomic E-state index is 11.8. The van der Waals surface area contributed by atoms with E-state index < -0.39 is 21.8 Å². The summed E-state index contributed by atoms with van der Waals surface area (Å²) in [5.41, 5.74) is -0.530. The zero-order valence-electron chi connectivity index (χ0n) is 10.5. The van der Waals surface area contributed by atoms with Crippen molar-refractivity contribution in [3.8, 4) is 0 Å². The molecule has 2 atom stereocenters. The Morgan fingerprint density at radius 3 is 2.72 bits per heavy atom. The minimum atomic E-state index is -3.89. The zero-order chi connectivity index (χ0) is 13.8. The second kappa shape index (κ2) is 6.21. The number of ether oxygens (including phenoxy) is 1. The molecular formula is C10H19BrN2O4S. The van der Waals surface area contributed by atoms with Crippen molar-refractivity contribution in [2.75, 3.05) is 12.4 Å². The highest BCUT2D eigenvalue weighted by molar-refractivity contribution is 9.09. The number of hydrogen-bond acceptors (Lipinski definition) is 4. The fourth-order valence-electron chi connectivity index (χ4n) is 2.36. The Labute approximate surface area is 116 Å². The number of carbonyl (C=O) groups excluding carboxylic acids is 1. The maximum Gasteiger partial charge on any atom is 0.421 e. The van der Waals surface area contributed by atoms with Gasteiger partial charge in [0.1, 0.15) is 0 Å². The predicted octanol–water partition coefficient (Wildman–Crippen LogP) is 1.52. The van der Waals surface area contributed by atoms with Crippen LogP contribution in [0.5, 0.6) is 0 Å². The van der Waals surface area contributed by atoms with E-state index in [1.807, 2.05) is 0 Å². The van der Waals surface area contributed by atoms with Crippen molar-refractivity contribution < 1.29 is 17.9 Å². The Bertz CT molecular complexity index is 401. The Morgan fingerprint density at radius 2 is 2.22 bits per heavy atom. The van der Waals surface area contributed by atoms with Crippen LogP contribution in [0.3, 0.4) is 0 Å². The van der Waals surface area contributed by atoms with Gasteiger partial charge >= 0.3 is 16.3 Å². The van der Waals surface area contributed by atoms with E-state index in [4.69, 9.17) is 0 Å². The van der Waals surface area contributed by atoms with E-state index in [0.29, 0.717) is 11.2 Å². The summed E-state index contributed by atoms with van der Waals surface area (Å²) in [5.74, 6) is 0.456. The smallest absolute Gasteiger partial charge is 0.421 e. The molecule has 1 aliphatic rings. The molecule has 0 bridgehead atoms. The average molecular weight is 343 g/mol. The Morgan fingerprint density at radius 1 is 1.56 bits per heavy atom. The molecule has 2 unspecified atom stereocenters. The number of carbonyl (C=O) groups is 1. The van der Waals surface area contributed by atoms with E-state index in [2.05, 4.69) is 32.3 Å². The number of methoxy groups -OCH3 is 1. The van der Waals surface area contributed by atoms with Crippen molar-refractivity contribution in [3.63, 3.8) is 0 Å². The SMILES string of the molecule is COC(=O)NS(=O)(=O)NC1(CBr)CCCC(C)C1. The van der Waals surface area contributed by atoms with Crippen molar-refractivity contribution in [2.24, 2.45) is 5.92 Å². The molecular weight excluding hydrogens is 324 g/mol. The molecule has 1 aliphatic carbocycles. The predicted molar refractivity (Wildman–Crippen MR) is 71.8 cm³/mol. The van der Waals surface area contributed by atoms with Gasteiger partial charge < -0.3 is 4.74 Å². The molecule has 0 aromatic rings. The quantitative estimate of drug-likeness (QED) is 0.758. The number of hydrogen-bond donors (Lipinski definition) is 2. The minimum absolute atomic E-state index is 0.456. The third-order valence-corrected chi connectivity index (χ3v) is 5.31. The normalized spacial score (nSPS) is 28.7. The lowest BCUT2D eigenvalue weighted by molar-refractivity contribution is 0.177. The Balaban J connectivity index is 2.75. The average Bonchev–Trinajstić information content (AvgIpc) is 2.27. The summed E-state index contributed by atoms with van der Waals surface area (Å²) < 4.78 is 32.2. The number of nitrogens with one attached hydrogen (secondary N) is 2. The summed E-state index contributed by atoms with van der Waals surface area (Å²) in [7, 11) is -2.77. The molecule has 1 saturated carbocycles. The van der Waals surface area contributed by atoms with Crippen molar-refractivity contribution in [1.82, 2.24) is 9.44 Å². The lowest BCUT2D eigenvalue weighted by Crippen LogP contribution is -2.56. The highest BCUT2D eigenvalue weighted by atomic mass is 79.9. The highest BCUT2D eigenvalue weighted by Crippen LogP contribution is 2.33. The number of alkyl halides is 1. The molecule has 106 valence electrons. The molecule has 0 radical (unpaired) electrons. The van der Waals surface area contributed by atoms with Crippen LogP contribution in [0.2, 0.25) is 0 Å². The van der Waals surface area contributed by atoms with Gasteiger partial charge in [0.2, 0.25) is 0 Å². The second-order valence-corrected chi connectivity index (χ2v) is 6.79. The first-order valence-electron chi connectivity index (χ1n) is 5.78. The molecule has 1 amide bonds. The van der Waals surface area contributed by atoms with Gasteiger partial charge in [-0.05, 0) is 18.8 Å². The van der Waals surface area contributed by atoms with E-state index in [1.165, 1.54) is 0 Å². The van der Waals surface area contributed by atoms with Crippen LogP contribution in [0.15, 0.2) is 0 Å². The van der Waals surface area contributed by atoms with Gasteiger partial charge in [0.15, 0.2) is 0 Å². The van der Waals surface area contributed by atoms with Crippen LogP contribution in [-0.4, -0.2) is 32.5 Å². The van der Waals surface area contributed by atoms with Gasteiger partial charge in [-0.2, -0.15) is 13.1 Å². The topological polar surface area (TPSA) is 84.5 Å². The highest BCUT2D eigenvalue weighted by Gasteiger charge is 2.38. The van der Waals surface area contributed by atoms with Crippen LogP contribution in [0.25, 0.3) is 0 Å². The van der Waals surface area contributed by atoms with Crippen molar-refractivity contribution in [3.05, 3.63) is 0 Å². The van der Waals surface area contributed by atoms with Crippen LogP contribution in [0, 0.1) is 5.92 Å². The van der Waals surface area contributed by atoms with E-state index in [1.54, 1.807) is 4.72 Å². The van der Waals surface area contributed by atoms with Gasteiger partial charge in [-0.3, -0.25) is 0 Å². The lowest BCUT2D eigenvalue weighted by Gasteiger charge is -2.38. The Hall–Kier alpha value is -0.340. The van der Waals surface area contributed by atoms with Crippen LogP contribution in [0.4, 0.5) is 4.79 Å². The molecule has 2 N–H and O–H groups in total. The van der Waals surface area contributed by atoms with E-state index in [-0.39, 0.29) is 0 Å². The molecule has 1 rings (SSSR count). The van der Waals surface area contributed by atoms with Crippen LogP contribution < -0.4 is 9.44 Å². The van der Waals surface area contributed by atoms with Gasteiger partial charge in [0, 0.05) is 10.9 Å². The molecule has 0 aromatic heterocycles. The van der Waals surface area contributed by atoms with Crippen molar-refractivity contribution in [1.29, 1.82) is 0 Å². The second-order valence-electron chi connectivity index (χ2n) is 4.81. The first-order chi connectivity index (χ1) is 8.32. The van der Waals surface area contributed by atoms with Crippen LogP contribution >= 0.6 is 15.9 Å². The number of halogens is 1. The molecule has 0 saturated heterocycles. The van der Waals surface area contributed by atoms with Crippen molar-refractivity contribution >= 4 is 32.2 Å². The summed E-state index contributed by atoms with van der Waals surface area (Å²) in [6, 6.07) is 0. The van der Waals surface area contributed by atoms with E-state index in [0.717, 1.165) is 32.8 Å². The fraction of sp³-hybridized carbons (Fsp3) is 0.900. The lowest BCUT2D eigenvalue weighted by atomic mass is 9.78. The summed E-state index contributed by atoms with van der Waals surface area (Å²) in [6.45, 7) is 2.10. The number of rotatable bonds is 4. The maximum absolute atomic E-state index is 11.8. The summed E-state index contributed by atoms with van der Waals surface area (Å²) in [4.78, 5) is 11.0. The molecule has 8 heteroatoms. The third kappa shape index (κ3) is 4.40. The first kappa shape index (κ1) is 15.7. The largest absolute Gasteiger partial charge is 0.452 e. The molecule has 0 aliphatic heterocycles. The number of amides is 1. The molecule has 0 heterocycles. The Kier molecular flexibility index (Phi) is 5.42.